The Balaban J connectivity index is 2.13. The molecule has 0 bridgehead atoms. The maximum Gasteiger partial charge on any atom is 0.265 e. The normalized spacial score (nSPS) is 11.4. The third-order valence-corrected chi connectivity index (χ3v) is 3.88. The average Bonchev–Trinajstić information content (AvgIpc) is 2.57. The van der Waals surface area contributed by atoms with Crippen LogP contribution in [0.1, 0.15) is 13.8 Å². The summed E-state index contributed by atoms with van der Waals surface area (Å²) in [5.41, 5.74) is 0.935. The van der Waals surface area contributed by atoms with Crippen LogP contribution in [0.2, 0.25) is 10.0 Å². The Labute approximate surface area is 161 Å². The lowest BCUT2D eigenvalue weighted by Gasteiger charge is -2.17. The average molecular weight is 397 g/mol. The summed E-state index contributed by atoms with van der Waals surface area (Å²) in [6.45, 7) is 2.98. The Morgan fingerprint density at radius 2 is 1.73 bits per heavy atom. The van der Waals surface area contributed by atoms with Gasteiger partial charge in [-0.3, -0.25) is 9.59 Å². The molecule has 138 valence electrons. The molecule has 26 heavy (non-hydrogen) atoms. The summed E-state index contributed by atoms with van der Waals surface area (Å²) in [6, 6.07) is 9.65. The van der Waals surface area contributed by atoms with Crippen LogP contribution in [-0.4, -0.2) is 25.0 Å². The lowest BCUT2D eigenvalue weighted by Crippen LogP contribution is -2.30. The second-order valence-electron chi connectivity index (χ2n) is 5.42. The predicted molar refractivity (Wildman–Crippen MR) is 102 cm³/mol. The van der Waals surface area contributed by atoms with Gasteiger partial charge in [-0.15, -0.1) is 0 Å². The molecule has 2 rings (SSSR count). The van der Waals surface area contributed by atoms with Crippen molar-refractivity contribution in [3.63, 3.8) is 0 Å². The van der Waals surface area contributed by atoms with Crippen molar-refractivity contribution in [2.45, 2.75) is 20.0 Å². The maximum absolute atomic E-state index is 12.4. The molecule has 8 heteroatoms. The molecule has 2 aromatic carbocycles. The first-order valence-electron chi connectivity index (χ1n) is 7.68. The summed E-state index contributed by atoms with van der Waals surface area (Å²) < 4.78 is 10.8. The van der Waals surface area contributed by atoms with Gasteiger partial charge in [0, 0.05) is 17.6 Å². The standard InChI is InChI=1S/C18H18Cl2N2O4/c1-10(26-16-6-4-12(19)8-14(16)20)18(24)22-15-9-13(21-11(2)23)5-7-17(15)25-3/h4-10H,1-3H3,(H,21,23)(H,22,24)/t10-/m1/s1. The lowest BCUT2D eigenvalue weighted by molar-refractivity contribution is -0.122. The Kier molecular flexibility index (Phi) is 6.71. The predicted octanol–water partition coefficient (Wildman–Crippen LogP) is 4.37. The first-order chi connectivity index (χ1) is 12.3. The van der Waals surface area contributed by atoms with E-state index in [9.17, 15) is 9.59 Å². The van der Waals surface area contributed by atoms with Crippen LogP contribution in [0, 0.1) is 0 Å². The van der Waals surface area contributed by atoms with Crippen molar-refractivity contribution >= 4 is 46.4 Å². The molecule has 2 N–H and O–H groups in total. The summed E-state index contributed by atoms with van der Waals surface area (Å²) >= 11 is 11.9. The van der Waals surface area contributed by atoms with Gasteiger partial charge < -0.3 is 20.1 Å². The number of nitrogens with one attached hydrogen (secondary N) is 2. The Morgan fingerprint density at radius 3 is 2.35 bits per heavy atom. The van der Waals surface area contributed by atoms with Crippen molar-refractivity contribution in [1.29, 1.82) is 0 Å². The number of benzene rings is 2. The van der Waals surface area contributed by atoms with E-state index in [1.165, 1.54) is 20.1 Å². The van der Waals surface area contributed by atoms with E-state index in [4.69, 9.17) is 32.7 Å². The molecule has 2 aromatic rings. The van der Waals surface area contributed by atoms with E-state index in [0.29, 0.717) is 32.9 Å². The molecular formula is C18H18Cl2N2O4. The fourth-order valence-electron chi connectivity index (χ4n) is 2.14. The second kappa shape index (κ2) is 8.78. The molecule has 0 aromatic heterocycles. The fourth-order valence-corrected chi connectivity index (χ4v) is 2.59. The van der Waals surface area contributed by atoms with Crippen LogP contribution in [0.5, 0.6) is 11.5 Å². The number of hydrogen-bond acceptors (Lipinski definition) is 4. The van der Waals surface area contributed by atoms with Gasteiger partial charge in [0.05, 0.1) is 17.8 Å². The van der Waals surface area contributed by atoms with Gasteiger partial charge in [-0.1, -0.05) is 23.2 Å². The van der Waals surface area contributed by atoms with Gasteiger partial charge in [0.1, 0.15) is 11.5 Å². The number of carbonyl (C=O) groups excluding carboxylic acids is 2. The molecule has 0 saturated carbocycles. The number of hydrogen-bond donors (Lipinski definition) is 2. The highest BCUT2D eigenvalue weighted by Crippen LogP contribution is 2.30. The molecule has 0 spiro atoms. The number of carbonyl (C=O) groups is 2. The van der Waals surface area contributed by atoms with Gasteiger partial charge in [0.15, 0.2) is 6.10 Å². The molecule has 0 fully saturated rings. The minimum atomic E-state index is -0.831. The monoisotopic (exact) mass is 396 g/mol. The van der Waals surface area contributed by atoms with Crippen molar-refractivity contribution < 1.29 is 19.1 Å². The van der Waals surface area contributed by atoms with Gasteiger partial charge in [-0.25, -0.2) is 0 Å². The van der Waals surface area contributed by atoms with E-state index < -0.39 is 12.0 Å². The van der Waals surface area contributed by atoms with Crippen molar-refractivity contribution in [3.8, 4) is 11.5 Å². The minimum Gasteiger partial charge on any atom is -0.495 e. The van der Waals surface area contributed by atoms with Gasteiger partial charge in [-0.05, 0) is 43.3 Å². The first-order valence-corrected chi connectivity index (χ1v) is 8.44. The van der Waals surface area contributed by atoms with Crippen molar-refractivity contribution in [2.75, 3.05) is 17.7 Å². The molecule has 0 unspecified atom stereocenters. The zero-order chi connectivity index (χ0) is 19.3. The summed E-state index contributed by atoms with van der Waals surface area (Å²) in [5, 5.41) is 6.14. The summed E-state index contributed by atoms with van der Waals surface area (Å²) in [4.78, 5) is 23.6. The van der Waals surface area contributed by atoms with Crippen LogP contribution < -0.4 is 20.1 Å². The van der Waals surface area contributed by atoms with Crippen LogP contribution >= 0.6 is 23.2 Å². The van der Waals surface area contributed by atoms with Gasteiger partial charge >= 0.3 is 0 Å². The highest BCUT2D eigenvalue weighted by Gasteiger charge is 2.18. The van der Waals surface area contributed by atoms with E-state index in [1.54, 1.807) is 37.3 Å². The largest absolute Gasteiger partial charge is 0.495 e. The highest BCUT2D eigenvalue weighted by atomic mass is 35.5. The Hall–Kier alpha value is -2.44. The number of anilines is 2. The van der Waals surface area contributed by atoms with Crippen molar-refractivity contribution in [1.82, 2.24) is 0 Å². The molecule has 2 amide bonds. The SMILES string of the molecule is COc1ccc(NC(C)=O)cc1NC(=O)[C@@H](C)Oc1ccc(Cl)cc1Cl. The minimum absolute atomic E-state index is 0.221. The molecule has 0 heterocycles. The van der Waals surface area contributed by atoms with E-state index in [1.807, 2.05) is 0 Å². The molecule has 0 saturated heterocycles. The molecular weight excluding hydrogens is 379 g/mol. The van der Waals surface area contributed by atoms with E-state index in [-0.39, 0.29) is 5.91 Å². The summed E-state index contributed by atoms with van der Waals surface area (Å²) in [7, 11) is 1.48. The van der Waals surface area contributed by atoms with E-state index in [0.717, 1.165) is 0 Å². The van der Waals surface area contributed by atoms with Crippen LogP contribution in [0.3, 0.4) is 0 Å². The summed E-state index contributed by atoms with van der Waals surface area (Å²) in [6.07, 6.45) is -0.831. The smallest absolute Gasteiger partial charge is 0.265 e. The van der Waals surface area contributed by atoms with Crippen molar-refractivity contribution in [2.24, 2.45) is 0 Å². The topological polar surface area (TPSA) is 76.7 Å². The summed E-state index contributed by atoms with van der Waals surface area (Å²) in [5.74, 6) is 0.165. The van der Waals surface area contributed by atoms with E-state index >= 15 is 0 Å². The molecule has 0 aliphatic rings. The first kappa shape index (κ1) is 19.9. The Morgan fingerprint density at radius 1 is 1.04 bits per heavy atom. The quantitative estimate of drug-likeness (QED) is 0.759. The fraction of sp³-hybridized carbons (Fsp3) is 0.222. The van der Waals surface area contributed by atoms with Gasteiger partial charge in [0.25, 0.3) is 5.91 Å². The van der Waals surface area contributed by atoms with Crippen LogP contribution in [-0.2, 0) is 9.59 Å². The Bertz CT molecular complexity index is 827. The molecule has 0 radical (unpaired) electrons. The molecule has 0 aliphatic carbocycles. The van der Waals surface area contributed by atoms with Crippen LogP contribution in [0.25, 0.3) is 0 Å². The zero-order valence-electron chi connectivity index (χ0n) is 14.4. The molecule has 0 aliphatic heterocycles. The van der Waals surface area contributed by atoms with Crippen molar-refractivity contribution in [3.05, 3.63) is 46.4 Å². The van der Waals surface area contributed by atoms with E-state index in [2.05, 4.69) is 10.6 Å². The number of amides is 2. The number of halogens is 2. The highest BCUT2D eigenvalue weighted by molar-refractivity contribution is 6.35. The van der Waals surface area contributed by atoms with Crippen LogP contribution in [0.4, 0.5) is 11.4 Å². The van der Waals surface area contributed by atoms with Gasteiger partial charge in [0.2, 0.25) is 5.91 Å². The second-order valence-corrected chi connectivity index (χ2v) is 6.26. The van der Waals surface area contributed by atoms with Gasteiger partial charge in [-0.2, -0.15) is 0 Å². The number of rotatable bonds is 6. The third kappa shape index (κ3) is 5.28. The lowest BCUT2D eigenvalue weighted by atomic mass is 10.2. The number of methoxy groups -OCH3 is 1. The van der Waals surface area contributed by atoms with Crippen LogP contribution in [0.15, 0.2) is 36.4 Å². The molecule has 6 nitrogen and oxygen atoms in total. The third-order valence-electron chi connectivity index (χ3n) is 3.34. The maximum atomic E-state index is 12.4. The molecule has 1 atom stereocenters. The number of ether oxygens (including phenoxy) is 2. The zero-order valence-corrected chi connectivity index (χ0v) is 15.9.